The monoisotopic (exact) mass is 440 g/mol. The second kappa shape index (κ2) is 8.73. The number of hydrogen-bond acceptors (Lipinski definition) is 6. The van der Waals surface area contributed by atoms with Crippen molar-refractivity contribution >= 4 is 32.6 Å². The van der Waals surface area contributed by atoms with Crippen LogP contribution in [0.3, 0.4) is 0 Å². The summed E-state index contributed by atoms with van der Waals surface area (Å²) in [5.41, 5.74) is 9.11. The maximum Gasteiger partial charge on any atom is 0.303 e. The predicted molar refractivity (Wildman–Crippen MR) is 121 cm³/mol. The molecule has 0 saturated heterocycles. The molecular formula is C22H24N4O4S. The zero-order valence-electron chi connectivity index (χ0n) is 17.5. The normalized spacial score (nSPS) is 13.3. The minimum Gasteiger partial charge on any atom is -0.481 e. The average Bonchev–Trinajstić information content (AvgIpc) is 3.11. The number of benzene rings is 1. The molecule has 0 radical (unpaired) electrons. The molecule has 31 heavy (non-hydrogen) atoms. The Morgan fingerprint density at radius 2 is 1.97 bits per heavy atom. The van der Waals surface area contributed by atoms with Gasteiger partial charge in [0, 0.05) is 48.7 Å². The summed E-state index contributed by atoms with van der Waals surface area (Å²) in [7, 11) is -2.55. The molecule has 9 heteroatoms. The van der Waals surface area contributed by atoms with Gasteiger partial charge in [-0.05, 0) is 49.6 Å². The van der Waals surface area contributed by atoms with E-state index in [0.29, 0.717) is 22.2 Å². The van der Waals surface area contributed by atoms with Gasteiger partial charge in [0.1, 0.15) is 4.91 Å². The number of aromatic nitrogens is 2. The van der Waals surface area contributed by atoms with E-state index >= 15 is 0 Å². The fraction of sp³-hybridized carbons (Fsp3) is 0.227. The van der Waals surface area contributed by atoms with Gasteiger partial charge in [-0.15, -0.1) is 0 Å². The summed E-state index contributed by atoms with van der Waals surface area (Å²) in [5, 5.41) is 9.80. The van der Waals surface area contributed by atoms with E-state index in [1.54, 1.807) is 25.4 Å². The highest BCUT2D eigenvalue weighted by molar-refractivity contribution is 7.95. The van der Waals surface area contributed by atoms with Crippen LogP contribution in [0, 0.1) is 0 Å². The number of aliphatic imine (C=N–C) groups is 1. The minimum absolute atomic E-state index is 0.0620. The zero-order valence-corrected chi connectivity index (χ0v) is 18.3. The van der Waals surface area contributed by atoms with Crippen molar-refractivity contribution in [3.8, 4) is 11.1 Å². The van der Waals surface area contributed by atoms with Gasteiger partial charge in [-0.2, -0.15) is 0 Å². The lowest BCUT2D eigenvalue weighted by Gasteiger charge is -2.13. The summed E-state index contributed by atoms with van der Waals surface area (Å²) in [6.07, 6.45) is 4.92. The molecular weight excluding hydrogens is 416 g/mol. The topological polar surface area (TPSA) is 128 Å². The Morgan fingerprint density at radius 3 is 2.55 bits per heavy atom. The number of nitrogens with two attached hydrogens (primary N) is 1. The van der Waals surface area contributed by atoms with Crippen molar-refractivity contribution in [1.82, 2.24) is 8.96 Å². The van der Waals surface area contributed by atoms with Crippen LogP contribution in [0.15, 0.2) is 64.5 Å². The van der Waals surface area contributed by atoms with E-state index in [9.17, 15) is 13.2 Å². The fourth-order valence-corrected chi connectivity index (χ4v) is 5.25. The summed E-state index contributed by atoms with van der Waals surface area (Å²) >= 11 is 0. The molecule has 0 aliphatic rings. The molecule has 0 atom stereocenters. The second-order valence-electron chi connectivity index (χ2n) is 7.14. The van der Waals surface area contributed by atoms with Crippen LogP contribution in [-0.2, 0) is 21.2 Å². The van der Waals surface area contributed by atoms with E-state index in [4.69, 9.17) is 10.8 Å². The van der Waals surface area contributed by atoms with E-state index < -0.39 is 16.0 Å². The lowest BCUT2D eigenvalue weighted by molar-refractivity contribution is -0.136. The molecule has 2 heterocycles. The molecule has 162 valence electrons. The number of hydrogen-bond donors (Lipinski definition) is 2. The Balaban J connectivity index is 2.27. The summed E-state index contributed by atoms with van der Waals surface area (Å²) < 4.78 is 28.2. The molecule has 0 amide bonds. The summed E-state index contributed by atoms with van der Waals surface area (Å²) in [6, 6.07) is 9.09. The zero-order chi connectivity index (χ0) is 22.8. The van der Waals surface area contributed by atoms with Crippen LogP contribution in [-0.4, -0.2) is 41.2 Å². The van der Waals surface area contributed by atoms with Gasteiger partial charge in [-0.1, -0.05) is 12.1 Å². The lowest BCUT2D eigenvalue weighted by atomic mass is 10.0. The first-order valence-electron chi connectivity index (χ1n) is 9.58. The van der Waals surface area contributed by atoms with Crippen molar-refractivity contribution < 1.29 is 18.3 Å². The van der Waals surface area contributed by atoms with Gasteiger partial charge < -0.3 is 10.8 Å². The highest BCUT2D eigenvalue weighted by atomic mass is 32.2. The summed E-state index contributed by atoms with van der Waals surface area (Å²) in [4.78, 5) is 19.2. The van der Waals surface area contributed by atoms with E-state index in [0.717, 1.165) is 15.1 Å². The fourth-order valence-electron chi connectivity index (χ4n) is 3.49. The molecule has 3 rings (SSSR count). The number of aryl methyl sites for hydroxylation is 1. The third-order valence-electron chi connectivity index (χ3n) is 5.00. The van der Waals surface area contributed by atoms with Crippen LogP contribution in [0.5, 0.6) is 0 Å². The number of allylic oxidation sites excluding steroid dienone is 2. The van der Waals surface area contributed by atoms with E-state index in [1.165, 1.54) is 20.2 Å². The number of pyridine rings is 1. The summed E-state index contributed by atoms with van der Waals surface area (Å²) in [6.45, 7) is 3.10. The molecule has 3 N–H and O–H groups in total. The third-order valence-corrected chi connectivity index (χ3v) is 6.95. The van der Waals surface area contributed by atoms with Crippen LogP contribution >= 0.6 is 0 Å². The number of fused-ring (bicyclic) bond motifs is 1. The molecule has 0 fully saturated rings. The molecule has 0 spiro atoms. The van der Waals surface area contributed by atoms with Gasteiger partial charge in [0.05, 0.1) is 11.2 Å². The molecule has 0 bridgehead atoms. The molecule has 0 aliphatic heterocycles. The van der Waals surface area contributed by atoms with Crippen LogP contribution in [0.1, 0.15) is 25.8 Å². The van der Waals surface area contributed by atoms with Crippen LogP contribution < -0.4 is 5.73 Å². The van der Waals surface area contributed by atoms with E-state index in [-0.39, 0.29) is 23.4 Å². The molecule has 1 aromatic carbocycles. The molecule has 8 nitrogen and oxygen atoms in total. The summed E-state index contributed by atoms with van der Waals surface area (Å²) in [5.74, 6) is -0.959. The van der Waals surface area contributed by atoms with E-state index in [2.05, 4.69) is 9.98 Å². The molecule has 0 saturated carbocycles. The molecule has 2 aromatic heterocycles. The Labute approximate surface area is 180 Å². The van der Waals surface area contributed by atoms with Crippen molar-refractivity contribution in [2.45, 2.75) is 26.7 Å². The largest absolute Gasteiger partial charge is 0.481 e. The average molecular weight is 441 g/mol. The van der Waals surface area contributed by atoms with Crippen molar-refractivity contribution in [3.05, 3.63) is 65.1 Å². The smallest absolute Gasteiger partial charge is 0.303 e. The molecule has 0 unspecified atom stereocenters. The first-order valence-corrected chi connectivity index (χ1v) is 11.0. The standard InChI is InChI=1S/C22H24N4O4S/c1-14(23)22(15(2)24-3)31(29,30)26-13-18(7-9-21(27)28)19-11-16(6-8-20(19)26)17-5-4-10-25-12-17/h4-6,8,10-13H,7,9,23H2,1-3H3,(H,27,28). The number of nitrogens with zero attached hydrogens (tertiary/aromatic N) is 3. The van der Waals surface area contributed by atoms with Gasteiger partial charge in [0.2, 0.25) is 0 Å². The van der Waals surface area contributed by atoms with Gasteiger partial charge in [0.25, 0.3) is 10.0 Å². The third kappa shape index (κ3) is 4.36. The molecule has 0 aliphatic carbocycles. The minimum atomic E-state index is -4.05. The first-order chi connectivity index (χ1) is 14.7. The van der Waals surface area contributed by atoms with Crippen molar-refractivity contribution in [2.75, 3.05) is 7.05 Å². The van der Waals surface area contributed by atoms with Crippen molar-refractivity contribution in [3.63, 3.8) is 0 Å². The van der Waals surface area contributed by atoms with Crippen LogP contribution in [0.4, 0.5) is 0 Å². The van der Waals surface area contributed by atoms with E-state index in [1.807, 2.05) is 24.3 Å². The number of carbonyl (C=O) groups is 1. The van der Waals surface area contributed by atoms with Crippen LogP contribution in [0.25, 0.3) is 22.0 Å². The van der Waals surface area contributed by atoms with Crippen molar-refractivity contribution in [2.24, 2.45) is 10.7 Å². The predicted octanol–water partition coefficient (Wildman–Crippen LogP) is 3.18. The van der Waals surface area contributed by atoms with Gasteiger partial charge >= 0.3 is 5.97 Å². The number of rotatable bonds is 7. The van der Waals surface area contributed by atoms with Gasteiger partial charge in [-0.3, -0.25) is 14.8 Å². The maximum atomic E-state index is 13.5. The Hall–Kier alpha value is -3.46. The Kier molecular flexibility index (Phi) is 6.26. The highest BCUT2D eigenvalue weighted by Crippen LogP contribution is 2.31. The molecule has 3 aromatic rings. The number of aliphatic carboxylic acids is 1. The van der Waals surface area contributed by atoms with Crippen molar-refractivity contribution in [1.29, 1.82) is 0 Å². The number of carboxylic acid groups (broad SMARTS) is 1. The highest BCUT2D eigenvalue weighted by Gasteiger charge is 2.27. The Bertz CT molecular complexity index is 1300. The first kappa shape index (κ1) is 22.2. The lowest BCUT2D eigenvalue weighted by Crippen LogP contribution is -2.22. The number of carboxylic acids is 1. The second-order valence-corrected chi connectivity index (χ2v) is 8.90. The quantitative estimate of drug-likeness (QED) is 0.543. The SMILES string of the molecule is CN=C(C)C(=C(C)N)S(=O)(=O)n1cc(CCC(=O)O)c2cc(-c3cccnc3)ccc21. The van der Waals surface area contributed by atoms with Gasteiger partial charge in [0.15, 0.2) is 0 Å². The maximum absolute atomic E-state index is 13.5. The van der Waals surface area contributed by atoms with Gasteiger partial charge in [-0.25, -0.2) is 12.4 Å². The Morgan fingerprint density at radius 1 is 1.23 bits per heavy atom. The van der Waals surface area contributed by atoms with Crippen LogP contribution in [0.2, 0.25) is 0 Å².